The van der Waals surface area contributed by atoms with Crippen molar-refractivity contribution in [1.29, 1.82) is 0 Å². The molecule has 6 atom stereocenters. The maximum atomic E-state index is 13.1. The third kappa shape index (κ3) is 73.0. The van der Waals surface area contributed by atoms with Gasteiger partial charge in [0.25, 0.3) is 0 Å². The molecule has 0 aromatic carbocycles. The number of carbonyl (C=O) groups excluding carboxylic acids is 4. The van der Waals surface area contributed by atoms with Crippen LogP contribution in [0.5, 0.6) is 0 Å². The van der Waals surface area contributed by atoms with Crippen molar-refractivity contribution in [3.05, 3.63) is 0 Å². The van der Waals surface area contributed by atoms with Gasteiger partial charge in [0.2, 0.25) is 0 Å². The summed E-state index contributed by atoms with van der Waals surface area (Å²) in [7, 11) is -9.92. The van der Waals surface area contributed by atoms with Crippen LogP contribution in [0.25, 0.3) is 0 Å². The van der Waals surface area contributed by atoms with E-state index in [1.807, 2.05) is 0 Å². The molecule has 100 heavy (non-hydrogen) atoms. The number of phosphoric ester groups is 2. The lowest BCUT2D eigenvalue weighted by atomic mass is 9.99. The average Bonchev–Trinajstić information content (AvgIpc) is 0.993. The largest absolute Gasteiger partial charge is 0.472 e. The van der Waals surface area contributed by atoms with E-state index in [0.717, 1.165) is 102 Å². The van der Waals surface area contributed by atoms with Crippen LogP contribution in [0.3, 0.4) is 0 Å². The monoisotopic (exact) mass is 1470 g/mol. The molecule has 17 nitrogen and oxygen atoms in total. The van der Waals surface area contributed by atoms with Gasteiger partial charge in [-0.1, -0.05) is 375 Å². The lowest BCUT2D eigenvalue weighted by molar-refractivity contribution is -0.161. The molecular formula is C81H158O17P2. The maximum Gasteiger partial charge on any atom is 0.472 e. The Labute approximate surface area is 613 Å². The third-order valence-corrected chi connectivity index (χ3v) is 21.2. The van der Waals surface area contributed by atoms with Crippen LogP contribution in [0.2, 0.25) is 0 Å². The zero-order chi connectivity index (χ0) is 73.5. The summed E-state index contributed by atoms with van der Waals surface area (Å²) in [5.41, 5.74) is 0. The van der Waals surface area contributed by atoms with Crippen molar-refractivity contribution in [3.8, 4) is 0 Å². The van der Waals surface area contributed by atoms with Gasteiger partial charge in [-0.25, -0.2) is 9.13 Å². The van der Waals surface area contributed by atoms with E-state index in [-0.39, 0.29) is 25.7 Å². The standard InChI is InChI=1S/C81H158O17P2/c1-7-10-12-14-16-18-20-21-22-23-24-25-26-27-28-33-37-41-47-54-60-66-81(86)97-76(69-91-78(83)63-57-51-45-39-36-32-30-29-31-35-38-44-50-56-62-74(6)9-3)71-95-99(87,88)93-67-75(82)68-94-100(89,90)96-72-77(70-92-79(84)64-58-52-48-42-43-49-55-61-73(4)5)98-80(85)65-59-53-46-40-34-19-17-15-13-11-8-2/h73-77,82H,7-72H2,1-6H3,(H,87,88)(H,89,90)/t74?,75-,76-,77-/m1/s1. The van der Waals surface area contributed by atoms with Crippen LogP contribution in [0.4, 0.5) is 0 Å². The Morgan fingerprint density at radius 2 is 0.510 bits per heavy atom. The second-order valence-corrected chi connectivity index (χ2v) is 32.8. The molecule has 0 rings (SSSR count). The van der Waals surface area contributed by atoms with E-state index in [4.69, 9.17) is 37.0 Å². The molecule has 0 amide bonds. The van der Waals surface area contributed by atoms with Crippen molar-refractivity contribution in [1.82, 2.24) is 0 Å². The van der Waals surface area contributed by atoms with Crippen LogP contribution < -0.4 is 0 Å². The summed E-state index contributed by atoms with van der Waals surface area (Å²) >= 11 is 0. The van der Waals surface area contributed by atoms with E-state index in [9.17, 15) is 43.2 Å². The van der Waals surface area contributed by atoms with Gasteiger partial charge in [0.05, 0.1) is 26.4 Å². The van der Waals surface area contributed by atoms with E-state index in [1.165, 1.54) is 238 Å². The van der Waals surface area contributed by atoms with Gasteiger partial charge in [-0.05, 0) is 37.5 Å². The highest BCUT2D eigenvalue weighted by Gasteiger charge is 2.30. The number of rotatable bonds is 80. The molecular weight excluding hydrogens is 1310 g/mol. The Kier molecular flexibility index (Phi) is 71.2. The van der Waals surface area contributed by atoms with Crippen molar-refractivity contribution < 1.29 is 80.2 Å². The van der Waals surface area contributed by atoms with Gasteiger partial charge in [0.15, 0.2) is 12.2 Å². The summed E-state index contributed by atoms with van der Waals surface area (Å²) in [6.45, 7) is 9.62. The minimum absolute atomic E-state index is 0.106. The van der Waals surface area contributed by atoms with Crippen LogP contribution in [0.1, 0.15) is 427 Å². The van der Waals surface area contributed by atoms with Crippen LogP contribution in [-0.4, -0.2) is 96.7 Å². The minimum Gasteiger partial charge on any atom is -0.462 e. The summed E-state index contributed by atoms with van der Waals surface area (Å²) < 4.78 is 68.7. The van der Waals surface area contributed by atoms with Crippen molar-refractivity contribution in [2.24, 2.45) is 11.8 Å². The highest BCUT2D eigenvalue weighted by Crippen LogP contribution is 2.45. The minimum atomic E-state index is -4.96. The van der Waals surface area contributed by atoms with Crippen molar-refractivity contribution in [2.45, 2.75) is 445 Å². The molecule has 19 heteroatoms. The smallest absolute Gasteiger partial charge is 0.462 e. The zero-order valence-corrected chi connectivity index (χ0v) is 67.3. The third-order valence-electron chi connectivity index (χ3n) is 19.3. The molecule has 0 aromatic rings. The van der Waals surface area contributed by atoms with Crippen molar-refractivity contribution in [3.63, 3.8) is 0 Å². The molecule has 0 aliphatic heterocycles. The Morgan fingerprint density at radius 3 is 0.760 bits per heavy atom. The molecule has 0 spiro atoms. The predicted octanol–water partition coefficient (Wildman–Crippen LogP) is 24.3. The number of ether oxygens (including phenoxy) is 4. The van der Waals surface area contributed by atoms with Crippen LogP contribution in [0, 0.1) is 11.8 Å². The molecule has 0 saturated heterocycles. The van der Waals surface area contributed by atoms with E-state index in [2.05, 4.69) is 41.5 Å². The maximum absolute atomic E-state index is 13.1. The molecule has 0 heterocycles. The van der Waals surface area contributed by atoms with Crippen LogP contribution in [-0.2, 0) is 65.4 Å². The number of phosphoric acid groups is 2. The molecule has 3 unspecified atom stereocenters. The van der Waals surface area contributed by atoms with Gasteiger partial charge in [0, 0.05) is 25.7 Å². The molecule has 0 aliphatic rings. The number of esters is 4. The van der Waals surface area contributed by atoms with Gasteiger partial charge in [-0.2, -0.15) is 0 Å². The Balaban J connectivity index is 5.20. The number of aliphatic hydroxyl groups is 1. The van der Waals surface area contributed by atoms with E-state index >= 15 is 0 Å². The summed E-state index contributed by atoms with van der Waals surface area (Å²) in [4.78, 5) is 72.9. The fraction of sp³-hybridized carbons (Fsp3) is 0.951. The summed E-state index contributed by atoms with van der Waals surface area (Å²) in [6, 6.07) is 0. The quantitative estimate of drug-likeness (QED) is 0.0222. The molecule has 0 saturated carbocycles. The summed E-state index contributed by atoms with van der Waals surface area (Å²) in [5, 5.41) is 10.6. The SMILES string of the molecule is CCCCCCCCCCCCCCCCCCCCCCCC(=O)O[C@H](COC(=O)CCCCCCCCCCCCCCCCC(C)CC)COP(=O)(O)OC[C@@H](O)COP(=O)(O)OC[C@@H](COC(=O)CCCCCCCCCC(C)C)OC(=O)CCCCCCCCCCCCC. The molecule has 0 aliphatic carbocycles. The summed E-state index contributed by atoms with van der Waals surface area (Å²) in [5.74, 6) is -0.555. The second-order valence-electron chi connectivity index (χ2n) is 29.9. The summed E-state index contributed by atoms with van der Waals surface area (Å²) in [6.07, 6.45) is 62.6. The number of carbonyl (C=O) groups is 4. The topological polar surface area (TPSA) is 237 Å². The van der Waals surface area contributed by atoms with Crippen LogP contribution in [0.15, 0.2) is 0 Å². The predicted molar refractivity (Wildman–Crippen MR) is 409 cm³/mol. The lowest BCUT2D eigenvalue weighted by Gasteiger charge is -2.21. The highest BCUT2D eigenvalue weighted by molar-refractivity contribution is 7.47. The Morgan fingerprint density at radius 1 is 0.290 bits per heavy atom. The van der Waals surface area contributed by atoms with Gasteiger partial charge in [-0.15, -0.1) is 0 Å². The normalized spacial score (nSPS) is 14.2. The zero-order valence-electron chi connectivity index (χ0n) is 65.5. The van der Waals surface area contributed by atoms with Gasteiger partial charge in [0.1, 0.15) is 19.3 Å². The fourth-order valence-corrected chi connectivity index (χ4v) is 14.1. The second kappa shape index (κ2) is 72.6. The van der Waals surface area contributed by atoms with Gasteiger partial charge in [-0.3, -0.25) is 37.3 Å². The Bertz CT molecular complexity index is 1930. The first kappa shape index (κ1) is 98.1. The molecule has 3 N–H and O–H groups in total. The van der Waals surface area contributed by atoms with E-state index < -0.39 is 97.5 Å². The number of aliphatic hydroxyl groups excluding tert-OH is 1. The molecule has 0 radical (unpaired) electrons. The van der Waals surface area contributed by atoms with Crippen LogP contribution >= 0.6 is 15.6 Å². The molecule has 0 aromatic heterocycles. The first-order chi connectivity index (χ1) is 48.4. The van der Waals surface area contributed by atoms with Crippen molar-refractivity contribution >= 4 is 39.5 Å². The number of hydrogen-bond acceptors (Lipinski definition) is 15. The van der Waals surface area contributed by atoms with Gasteiger partial charge < -0.3 is 33.8 Å². The molecule has 594 valence electrons. The highest BCUT2D eigenvalue weighted by atomic mass is 31.2. The first-order valence-electron chi connectivity index (χ1n) is 42.0. The number of unbranched alkanes of at least 4 members (excludes halogenated alkanes) is 49. The van der Waals surface area contributed by atoms with E-state index in [1.54, 1.807) is 0 Å². The molecule has 0 fully saturated rings. The first-order valence-corrected chi connectivity index (χ1v) is 45.0. The fourth-order valence-electron chi connectivity index (χ4n) is 12.5. The van der Waals surface area contributed by atoms with Gasteiger partial charge >= 0.3 is 39.5 Å². The molecule has 0 bridgehead atoms. The van der Waals surface area contributed by atoms with E-state index in [0.29, 0.717) is 31.6 Å². The number of hydrogen-bond donors (Lipinski definition) is 3. The average molecular weight is 1470 g/mol. The van der Waals surface area contributed by atoms with Crippen molar-refractivity contribution in [2.75, 3.05) is 39.6 Å². The Hall–Kier alpha value is -1.94. The lowest BCUT2D eigenvalue weighted by Crippen LogP contribution is -2.30.